The molecule has 3 heteroatoms. The van der Waals surface area contributed by atoms with Crippen LogP contribution in [0.5, 0.6) is 0 Å². The molecule has 2 rings (SSSR count). The van der Waals surface area contributed by atoms with Crippen molar-refractivity contribution in [2.75, 3.05) is 5.32 Å². The molecule has 1 heterocycles. The van der Waals surface area contributed by atoms with Crippen molar-refractivity contribution in [3.8, 4) is 0 Å². The molecule has 0 atom stereocenters. The van der Waals surface area contributed by atoms with Gasteiger partial charge in [0.25, 0.3) is 0 Å². The summed E-state index contributed by atoms with van der Waals surface area (Å²) < 4.78 is 0. The number of hydrogen-bond acceptors (Lipinski definition) is 3. The van der Waals surface area contributed by atoms with Crippen molar-refractivity contribution in [3.63, 3.8) is 0 Å². The average molecular weight is 191 g/mol. The number of aryl methyl sites for hydroxylation is 1. The highest BCUT2D eigenvalue weighted by Crippen LogP contribution is 2.40. The molecular formula is C11H17N3. The second-order valence-electron chi connectivity index (χ2n) is 4.68. The normalized spacial score (nSPS) is 16.8. The lowest BCUT2D eigenvalue weighted by atomic mass is 9.99. The van der Waals surface area contributed by atoms with E-state index in [2.05, 4.69) is 29.4 Å². The molecule has 1 aromatic heterocycles. The van der Waals surface area contributed by atoms with Crippen LogP contribution < -0.4 is 5.32 Å². The highest BCUT2D eigenvalue weighted by molar-refractivity contribution is 5.36. The Morgan fingerprint density at radius 1 is 1.29 bits per heavy atom. The number of rotatable bonds is 3. The van der Waals surface area contributed by atoms with Gasteiger partial charge in [-0.05, 0) is 51.7 Å². The molecule has 1 fully saturated rings. The predicted octanol–water partition coefficient (Wildman–Crippen LogP) is 2.39. The maximum Gasteiger partial charge on any atom is 0.149 e. The van der Waals surface area contributed by atoms with E-state index in [1.165, 1.54) is 12.8 Å². The van der Waals surface area contributed by atoms with Crippen molar-refractivity contribution in [3.05, 3.63) is 17.8 Å². The van der Waals surface area contributed by atoms with Crippen molar-refractivity contribution < 1.29 is 0 Å². The van der Waals surface area contributed by atoms with E-state index in [-0.39, 0.29) is 5.54 Å². The van der Waals surface area contributed by atoms with Crippen LogP contribution in [-0.2, 0) is 0 Å². The Bertz CT molecular complexity index is 312. The Kier molecular flexibility index (Phi) is 2.17. The van der Waals surface area contributed by atoms with Crippen LogP contribution in [0.1, 0.15) is 32.4 Å². The fraction of sp³-hybridized carbons (Fsp3) is 0.636. The number of anilines is 1. The van der Waals surface area contributed by atoms with E-state index in [0.29, 0.717) is 0 Å². The van der Waals surface area contributed by atoms with Crippen LogP contribution in [0, 0.1) is 12.8 Å². The van der Waals surface area contributed by atoms with Crippen molar-refractivity contribution in [2.45, 2.75) is 39.2 Å². The quantitative estimate of drug-likeness (QED) is 0.797. The molecule has 1 saturated carbocycles. The zero-order valence-electron chi connectivity index (χ0n) is 9.04. The first kappa shape index (κ1) is 9.44. The molecule has 0 bridgehead atoms. The van der Waals surface area contributed by atoms with Crippen molar-refractivity contribution >= 4 is 5.82 Å². The maximum absolute atomic E-state index is 4.11. The lowest BCUT2D eigenvalue weighted by Crippen LogP contribution is -2.33. The first-order valence-corrected chi connectivity index (χ1v) is 5.16. The fourth-order valence-corrected chi connectivity index (χ4v) is 1.70. The predicted molar refractivity (Wildman–Crippen MR) is 57.2 cm³/mol. The summed E-state index contributed by atoms with van der Waals surface area (Å²) in [7, 11) is 0. The van der Waals surface area contributed by atoms with Gasteiger partial charge < -0.3 is 5.32 Å². The van der Waals surface area contributed by atoms with Crippen LogP contribution in [0.15, 0.2) is 12.1 Å². The van der Waals surface area contributed by atoms with E-state index in [0.717, 1.165) is 17.4 Å². The lowest BCUT2D eigenvalue weighted by molar-refractivity contribution is 0.491. The first-order valence-electron chi connectivity index (χ1n) is 5.16. The Morgan fingerprint density at radius 2 is 2.00 bits per heavy atom. The minimum atomic E-state index is 0.157. The van der Waals surface area contributed by atoms with Gasteiger partial charge in [0, 0.05) is 5.54 Å². The van der Waals surface area contributed by atoms with Crippen LogP contribution in [0.2, 0.25) is 0 Å². The van der Waals surface area contributed by atoms with Crippen molar-refractivity contribution in [1.82, 2.24) is 10.2 Å². The smallest absolute Gasteiger partial charge is 0.149 e. The SMILES string of the molecule is Cc1ccc(NC(C)(C)C2CC2)nn1. The minimum absolute atomic E-state index is 0.157. The Balaban J connectivity index is 2.06. The molecule has 76 valence electrons. The standard InChI is InChI=1S/C11H17N3/c1-8-4-7-10(14-13-8)12-11(2,3)9-5-6-9/h4,7,9H,5-6H2,1-3H3,(H,12,14). The van der Waals surface area contributed by atoms with E-state index < -0.39 is 0 Å². The van der Waals surface area contributed by atoms with Crippen LogP contribution in [-0.4, -0.2) is 15.7 Å². The van der Waals surface area contributed by atoms with E-state index in [9.17, 15) is 0 Å². The third kappa shape index (κ3) is 2.03. The third-order valence-corrected chi connectivity index (χ3v) is 2.85. The van der Waals surface area contributed by atoms with Gasteiger partial charge in [0.2, 0.25) is 0 Å². The fourth-order valence-electron chi connectivity index (χ4n) is 1.70. The Morgan fingerprint density at radius 3 is 2.50 bits per heavy atom. The van der Waals surface area contributed by atoms with Crippen molar-refractivity contribution in [1.29, 1.82) is 0 Å². The molecule has 0 unspecified atom stereocenters. The molecule has 0 saturated heterocycles. The molecule has 14 heavy (non-hydrogen) atoms. The Hall–Kier alpha value is -1.12. The molecule has 3 nitrogen and oxygen atoms in total. The second-order valence-corrected chi connectivity index (χ2v) is 4.68. The van der Waals surface area contributed by atoms with E-state index in [4.69, 9.17) is 0 Å². The summed E-state index contributed by atoms with van der Waals surface area (Å²) in [6, 6.07) is 3.98. The summed E-state index contributed by atoms with van der Waals surface area (Å²) in [6.45, 7) is 6.40. The molecule has 1 aromatic rings. The van der Waals surface area contributed by atoms with Gasteiger partial charge in [0.05, 0.1) is 5.69 Å². The van der Waals surface area contributed by atoms with Gasteiger partial charge in [-0.2, -0.15) is 5.10 Å². The van der Waals surface area contributed by atoms with Crippen molar-refractivity contribution in [2.24, 2.45) is 5.92 Å². The number of nitrogens with one attached hydrogen (secondary N) is 1. The molecule has 0 aliphatic heterocycles. The van der Waals surface area contributed by atoms with Crippen LogP contribution in [0.4, 0.5) is 5.82 Å². The van der Waals surface area contributed by atoms with E-state index >= 15 is 0 Å². The molecular weight excluding hydrogens is 174 g/mol. The topological polar surface area (TPSA) is 37.8 Å². The second kappa shape index (κ2) is 3.23. The summed E-state index contributed by atoms with van der Waals surface area (Å²) in [5.41, 5.74) is 1.11. The lowest BCUT2D eigenvalue weighted by Gasteiger charge is -2.26. The maximum atomic E-state index is 4.11. The molecule has 0 spiro atoms. The van der Waals surface area contributed by atoms with Gasteiger partial charge in [-0.15, -0.1) is 5.10 Å². The molecule has 1 aliphatic carbocycles. The average Bonchev–Trinajstić information content (AvgIpc) is 2.91. The highest BCUT2D eigenvalue weighted by atomic mass is 15.2. The zero-order chi connectivity index (χ0) is 10.2. The summed E-state index contributed by atoms with van der Waals surface area (Å²) >= 11 is 0. The summed E-state index contributed by atoms with van der Waals surface area (Å²) in [4.78, 5) is 0. The summed E-state index contributed by atoms with van der Waals surface area (Å²) in [6.07, 6.45) is 2.67. The van der Waals surface area contributed by atoms with Crippen LogP contribution >= 0.6 is 0 Å². The number of nitrogens with zero attached hydrogens (tertiary/aromatic N) is 2. The molecule has 0 aromatic carbocycles. The third-order valence-electron chi connectivity index (χ3n) is 2.85. The van der Waals surface area contributed by atoms with Gasteiger partial charge in [-0.25, -0.2) is 0 Å². The minimum Gasteiger partial charge on any atom is -0.363 e. The van der Waals surface area contributed by atoms with Crippen LogP contribution in [0.3, 0.4) is 0 Å². The Labute approximate surface area is 84.9 Å². The van der Waals surface area contributed by atoms with Gasteiger partial charge in [-0.3, -0.25) is 0 Å². The van der Waals surface area contributed by atoms with Gasteiger partial charge in [0.15, 0.2) is 0 Å². The van der Waals surface area contributed by atoms with E-state index in [1.54, 1.807) is 0 Å². The number of hydrogen-bond donors (Lipinski definition) is 1. The monoisotopic (exact) mass is 191 g/mol. The van der Waals surface area contributed by atoms with Crippen LogP contribution in [0.25, 0.3) is 0 Å². The molecule has 1 N–H and O–H groups in total. The summed E-state index contributed by atoms with van der Waals surface area (Å²) in [5, 5.41) is 11.6. The van der Waals surface area contributed by atoms with Gasteiger partial charge in [0.1, 0.15) is 5.82 Å². The zero-order valence-corrected chi connectivity index (χ0v) is 9.04. The molecule has 0 radical (unpaired) electrons. The highest BCUT2D eigenvalue weighted by Gasteiger charge is 2.37. The first-order chi connectivity index (χ1) is 6.58. The largest absolute Gasteiger partial charge is 0.363 e. The molecule has 0 amide bonds. The van der Waals surface area contributed by atoms with E-state index in [1.807, 2.05) is 19.1 Å². The number of aromatic nitrogens is 2. The van der Waals surface area contributed by atoms with Gasteiger partial charge >= 0.3 is 0 Å². The molecule has 1 aliphatic rings. The van der Waals surface area contributed by atoms with Gasteiger partial charge in [-0.1, -0.05) is 0 Å². The summed E-state index contributed by atoms with van der Waals surface area (Å²) in [5.74, 6) is 1.68.